The first-order valence-corrected chi connectivity index (χ1v) is 8.65. The Bertz CT molecular complexity index is 876. The predicted molar refractivity (Wildman–Crippen MR) is 96.5 cm³/mol. The summed E-state index contributed by atoms with van der Waals surface area (Å²) in [5, 5.41) is 3.25. The van der Waals surface area contributed by atoms with Crippen molar-refractivity contribution in [3.05, 3.63) is 65.2 Å². The SMILES string of the molecule is Cl.O=C(c1cccnc1C(F)(F)F)N1C[C@@H]2CNC[C@@H]2[C@H]1c1cccc(F)c1. The van der Waals surface area contributed by atoms with E-state index in [0.29, 0.717) is 25.2 Å². The number of pyridine rings is 1. The summed E-state index contributed by atoms with van der Waals surface area (Å²) in [7, 11) is 0. The number of nitrogens with one attached hydrogen (secondary N) is 1. The number of rotatable bonds is 2. The van der Waals surface area contributed by atoms with Gasteiger partial charge in [-0.1, -0.05) is 12.1 Å². The lowest BCUT2D eigenvalue weighted by Crippen LogP contribution is -2.36. The Kier molecular flexibility index (Phi) is 5.63. The van der Waals surface area contributed by atoms with Crippen molar-refractivity contribution in [3.63, 3.8) is 0 Å². The summed E-state index contributed by atoms with van der Waals surface area (Å²) in [6.07, 6.45) is -3.70. The first-order valence-electron chi connectivity index (χ1n) is 8.65. The van der Waals surface area contributed by atoms with E-state index in [2.05, 4.69) is 10.3 Å². The summed E-state index contributed by atoms with van der Waals surface area (Å²) >= 11 is 0. The lowest BCUT2D eigenvalue weighted by molar-refractivity contribution is -0.141. The number of halogens is 5. The van der Waals surface area contributed by atoms with E-state index in [1.54, 1.807) is 12.1 Å². The minimum atomic E-state index is -4.72. The van der Waals surface area contributed by atoms with Gasteiger partial charge in [0.1, 0.15) is 5.82 Å². The number of fused-ring (bicyclic) bond motifs is 1. The second kappa shape index (κ2) is 7.67. The molecule has 28 heavy (non-hydrogen) atoms. The number of likely N-dealkylation sites (tertiary alicyclic amines) is 1. The van der Waals surface area contributed by atoms with Crippen LogP contribution in [0, 0.1) is 17.7 Å². The number of carbonyl (C=O) groups excluding carboxylic acids is 1. The third-order valence-electron chi connectivity index (χ3n) is 5.32. The Morgan fingerprint density at radius 2 is 1.96 bits per heavy atom. The van der Waals surface area contributed by atoms with Crippen molar-refractivity contribution in [2.45, 2.75) is 12.2 Å². The lowest BCUT2D eigenvalue weighted by Gasteiger charge is -2.29. The molecule has 0 saturated carbocycles. The molecule has 0 aliphatic carbocycles. The van der Waals surface area contributed by atoms with E-state index in [0.717, 1.165) is 12.3 Å². The van der Waals surface area contributed by atoms with Crippen molar-refractivity contribution in [2.75, 3.05) is 19.6 Å². The van der Waals surface area contributed by atoms with Gasteiger partial charge in [0.2, 0.25) is 0 Å². The fourth-order valence-corrected chi connectivity index (χ4v) is 4.21. The second-order valence-corrected chi connectivity index (χ2v) is 6.94. The Morgan fingerprint density at radius 3 is 2.68 bits per heavy atom. The number of hydrogen-bond donors (Lipinski definition) is 1. The Labute approximate surface area is 165 Å². The number of carbonyl (C=O) groups is 1. The Balaban J connectivity index is 0.00000225. The minimum Gasteiger partial charge on any atom is -0.331 e. The van der Waals surface area contributed by atoms with E-state index in [1.807, 2.05) is 0 Å². The zero-order chi connectivity index (χ0) is 19.2. The Hall–Kier alpha value is -2.19. The molecule has 2 aliphatic heterocycles. The van der Waals surface area contributed by atoms with Crippen LogP contribution >= 0.6 is 12.4 Å². The largest absolute Gasteiger partial charge is 0.434 e. The molecule has 2 aromatic rings. The molecular weight excluding hydrogens is 398 g/mol. The van der Waals surface area contributed by atoms with Crippen LogP contribution in [0.15, 0.2) is 42.6 Å². The van der Waals surface area contributed by atoms with E-state index < -0.39 is 35.2 Å². The molecule has 1 aromatic heterocycles. The van der Waals surface area contributed by atoms with Crippen molar-refractivity contribution >= 4 is 18.3 Å². The molecular formula is C19H18ClF4N3O. The summed E-state index contributed by atoms with van der Waals surface area (Å²) in [4.78, 5) is 17.9. The molecule has 2 fully saturated rings. The van der Waals surface area contributed by atoms with Gasteiger partial charge >= 0.3 is 6.18 Å². The molecule has 1 aromatic carbocycles. The highest BCUT2D eigenvalue weighted by Gasteiger charge is 2.48. The highest BCUT2D eigenvalue weighted by molar-refractivity contribution is 5.96. The molecule has 1 N–H and O–H groups in total. The number of aromatic nitrogens is 1. The van der Waals surface area contributed by atoms with Crippen molar-refractivity contribution < 1.29 is 22.4 Å². The summed E-state index contributed by atoms with van der Waals surface area (Å²) < 4.78 is 53.7. The Morgan fingerprint density at radius 1 is 1.18 bits per heavy atom. The van der Waals surface area contributed by atoms with Crippen LogP contribution in [0.1, 0.15) is 27.7 Å². The van der Waals surface area contributed by atoms with Gasteiger partial charge in [0.25, 0.3) is 5.91 Å². The van der Waals surface area contributed by atoms with E-state index in [4.69, 9.17) is 0 Å². The summed E-state index contributed by atoms with van der Waals surface area (Å²) in [5.74, 6) is -1.01. The molecule has 150 valence electrons. The van der Waals surface area contributed by atoms with E-state index >= 15 is 0 Å². The summed E-state index contributed by atoms with van der Waals surface area (Å²) in [6.45, 7) is 1.64. The predicted octanol–water partition coefficient (Wildman–Crippen LogP) is 3.69. The quantitative estimate of drug-likeness (QED) is 0.761. The van der Waals surface area contributed by atoms with Gasteiger partial charge < -0.3 is 10.2 Å². The van der Waals surface area contributed by atoms with E-state index in [1.165, 1.54) is 23.1 Å². The molecule has 0 radical (unpaired) electrons. The highest BCUT2D eigenvalue weighted by Crippen LogP contribution is 2.44. The standard InChI is InChI=1S/C19H17F4N3O.ClH/c20-13-4-1-3-11(7-13)16-15-9-24-8-12(15)10-26(16)18(27)14-5-2-6-25-17(14)19(21,22)23;/h1-7,12,15-16,24H,8-10H2;1H/t12-,15-,16+;/m0./s1. The maximum absolute atomic E-state index is 13.8. The van der Waals surface area contributed by atoms with Crippen LogP contribution in [0.25, 0.3) is 0 Å². The average Bonchev–Trinajstić information content (AvgIpc) is 3.21. The molecule has 4 rings (SSSR count). The molecule has 3 atom stereocenters. The smallest absolute Gasteiger partial charge is 0.331 e. The van der Waals surface area contributed by atoms with Crippen molar-refractivity contribution in [3.8, 4) is 0 Å². The van der Waals surface area contributed by atoms with Crippen molar-refractivity contribution in [1.29, 1.82) is 0 Å². The molecule has 0 spiro atoms. The average molecular weight is 416 g/mol. The molecule has 0 bridgehead atoms. The molecule has 4 nitrogen and oxygen atoms in total. The fourth-order valence-electron chi connectivity index (χ4n) is 4.21. The molecule has 0 unspecified atom stereocenters. The van der Waals surface area contributed by atoms with Gasteiger partial charge in [0, 0.05) is 31.7 Å². The number of nitrogens with zero attached hydrogens (tertiary/aromatic N) is 2. The second-order valence-electron chi connectivity index (χ2n) is 6.94. The van der Waals surface area contributed by atoms with Gasteiger partial charge in [0.05, 0.1) is 11.6 Å². The normalized spacial score (nSPS) is 24.0. The first-order chi connectivity index (χ1) is 12.9. The zero-order valence-corrected chi connectivity index (χ0v) is 15.4. The third kappa shape index (κ3) is 3.58. The van der Waals surface area contributed by atoms with Gasteiger partial charge in [-0.3, -0.25) is 9.78 Å². The third-order valence-corrected chi connectivity index (χ3v) is 5.32. The van der Waals surface area contributed by atoms with E-state index in [-0.39, 0.29) is 24.2 Å². The van der Waals surface area contributed by atoms with Crippen LogP contribution in [0.5, 0.6) is 0 Å². The van der Waals surface area contributed by atoms with Gasteiger partial charge in [0.15, 0.2) is 5.69 Å². The van der Waals surface area contributed by atoms with Crippen LogP contribution in [-0.4, -0.2) is 35.4 Å². The van der Waals surface area contributed by atoms with Crippen LogP contribution in [0.2, 0.25) is 0 Å². The number of alkyl halides is 3. The topological polar surface area (TPSA) is 45.2 Å². The van der Waals surface area contributed by atoms with Crippen molar-refractivity contribution in [2.24, 2.45) is 11.8 Å². The monoisotopic (exact) mass is 415 g/mol. The first kappa shape index (κ1) is 20.5. The van der Waals surface area contributed by atoms with Gasteiger partial charge in [-0.2, -0.15) is 13.2 Å². The minimum absolute atomic E-state index is 0. The van der Waals surface area contributed by atoms with Crippen molar-refractivity contribution in [1.82, 2.24) is 15.2 Å². The summed E-state index contributed by atoms with van der Waals surface area (Å²) in [6, 6.07) is 7.90. The van der Waals surface area contributed by atoms with Crippen LogP contribution in [0.3, 0.4) is 0 Å². The molecule has 9 heteroatoms. The molecule has 3 heterocycles. The molecule has 1 amide bonds. The number of hydrogen-bond acceptors (Lipinski definition) is 3. The van der Waals surface area contributed by atoms with Crippen LogP contribution < -0.4 is 5.32 Å². The summed E-state index contributed by atoms with van der Waals surface area (Å²) in [5.41, 5.74) is -1.07. The maximum atomic E-state index is 13.8. The van der Waals surface area contributed by atoms with Gasteiger partial charge in [-0.15, -0.1) is 12.4 Å². The van der Waals surface area contributed by atoms with Gasteiger partial charge in [-0.05, 0) is 35.7 Å². The van der Waals surface area contributed by atoms with Crippen LogP contribution in [0.4, 0.5) is 17.6 Å². The number of benzene rings is 1. The van der Waals surface area contributed by atoms with Crippen LogP contribution in [-0.2, 0) is 6.18 Å². The zero-order valence-electron chi connectivity index (χ0n) is 14.6. The highest BCUT2D eigenvalue weighted by atomic mass is 35.5. The maximum Gasteiger partial charge on any atom is 0.434 e. The van der Waals surface area contributed by atoms with E-state index in [9.17, 15) is 22.4 Å². The number of amides is 1. The molecule has 2 saturated heterocycles. The molecule has 2 aliphatic rings. The fraction of sp³-hybridized carbons (Fsp3) is 0.368. The van der Waals surface area contributed by atoms with Gasteiger partial charge in [-0.25, -0.2) is 4.39 Å². The lowest BCUT2D eigenvalue weighted by atomic mass is 9.89.